The van der Waals surface area contributed by atoms with Crippen molar-refractivity contribution >= 4 is 17.3 Å². The van der Waals surface area contributed by atoms with Crippen LogP contribution >= 0.6 is 0 Å². The van der Waals surface area contributed by atoms with E-state index in [2.05, 4.69) is 4.89 Å². The van der Waals surface area contributed by atoms with Crippen LogP contribution in [0.2, 0.25) is 0 Å². The Morgan fingerprint density at radius 2 is 1.75 bits per heavy atom. The second-order valence-electron chi connectivity index (χ2n) is 2.27. The first-order valence-corrected chi connectivity index (χ1v) is 3.15. The molecule has 0 bridgehead atoms. The number of carbonyl (C=O) groups excluding carboxylic acids is 1. The van der Waals surface area contributed by atoms with Gasteiger partial charge in [-0.3, -0.25) is 4.89 Å². The number of benzene rings is 1. The van der Waals surface area contributed by atoms with Crippen molar-refractivity contribution in [3.63, 3.8) is 0 Å². The summed E-state index contributed by atoms with van der Waals surface area (Å²) in [5, 5.41) is 8.04. The number of anilines is 2. The molecule has 1 aromatic carbocycles. The van der Waals surface area contributed by atoms with Crippen LogP contribution < -0.4 is 11.5 Å². The van der Waals surface area contributed by atoms with E-state index in [1.165, 1.54) is 18.2 Å². The number of carbonyl (C=O) groups is 1. The summed E-state index contributed by atoms with van der Waals surface area (Å²) < 4.78 is 0. The van der Waals surface area contributed by atoms with Crippen LogP contribution in [0.5, 0.6) is 0 Å². The third kappa shape index (κ3) is 1.64. The smallest absolute Gasteiger partial charge is 0.372 e. The number of rotatable bonds is 1. The van der Waals surface area contributed by atoms with Gasteiger partial charge in [-0.15, -0.1) is 0 Å². The van der Waals surface area contributed by atoms with Crippen LogP contribution in [0.3, 0.4) is 0 Å². The molecule has 0 unspecified atom stereocenters. The van der Waals surface area contributed by atoms with Gasteiger partial charge in [0.1, 0.15) is 0 Å². The topological polar surface area (TPSA) is 98.6 Å². The Morgan fingerprint density at radius 3 is 2.17 bits per heavy atom. The zero-order valence-corrected chi connectivity index (χ0v) is 6.15. The molecule has 1 rings (SSSR count). The maximum atomic E-state index is 10.7. The Morgan fingerprint density at radius 1 is 1.25 bits per heavy atom. The normalized spacial score (nSPS) is 9.42. The van der Waals surface area contributed by atoms with Crippen LogP contribution in [0.25, 0.3) is 0 Å². The van der Waals surface area contributed by atoms with Gasteiger partial charge in [0, 0.05) is 11.4 Å². The zero-order chi connectivity index (χ0) is 9.14. The van der Waals surface area contributed by atoms with E-state index in [4.69, 9.17) is 16.7 Å². The van der Waals surface area contributed by atoms with Crippen molar-refractivity contribution in [2.75, 3.05) is 11.5 Å². The molecule has 0 aliphatic rings. The van der Waals surface area contributed by atoms with Crippen LogP contribution in [-0.2, 0) is 4.89 Å². The van der Waals surface area contributed by atoms with Crippen LogP contribution in [0.15, 0.2) is 18.2 Å². The van der Waals surface area contributed by atoms with E-state index in [1.807, 2.05) is 0 Å². The molecule has 0 aliphatic heterocycles. The van der Waals surface area contributed by atoms with E-state index < -0.39 is 5.97 Å². The maximum Gasteiger partial charge on any atom is 0.372 e. The molecule has 12 heavy (non-hydrogen) atoms. The standard InChI is InChI=1S/C7H8N2O3/c8-5-1-4(7(10)12-11)2-6(9)3-5/h1-3,11H,8-9H2. The predicted molar refractivity (Wildman–Crippen MR) is 43.3 cm³/mol. The molecule has 1 aromatic rings. The average Bonchev–Trinajstić information content (AvgIpc) is 2.01. The van der Waals surface area contributed by atoms with Gasteiger partial charge in [-0.25, -0.2) is 4.79 Å². The number of hydrogen-bond donors (Lipinski definition) is 3. The van der Waals surface area contributed by atoms with E-state index in [0.717, 1.165) is 0 Å². The molecule has 0 saturated carbocycles. The summed E-state index contributed by atoms with van der Waals surface area (Å²) in [6.07, 6.45) is 0. The first kappa shape index (κ1) is 8.35. The van der Waals surface area contributed by atoms with Crippen molar-refractivity contribution in [1.29, 1.82) is 0 Å². The van der Waals surface area contributed by atoms with Crippen LogP contribution in [0, 0.1) is 0 Å². The van der Waals surface area contributed by atoms with Gasteiger partial charge in [-0.2, -0.15) is 5.26 Å². The lowest BCUT2D eigenvalue weighted by molar-refractivity contribution is -0.182. The Hall–Kier alpha value is -1.75. The number of nitrogens with two attached hydrogens (primary N) is 2. The lowest BCUT2D eigenvalue weighted by atomic mass is 10.2. The number of hydrogen-bond acceptors (Lipinski definition) is 5. The molecule has 0 fully saturated rings. The molecule has 5 N–H and O–H groups in total. The minimum atomic E-state index is -0.881. The summed E-state index contributed by atoms with van der Waals surface area (Å²) in [5.41, 5.74) is 11.6. The molecular weight excluding hydrogens is 160 g/mol. The summed E-state index contributed by atoms with van der Waals surface area (Å²) in [7, 11) is 0. The largest absolute Gasteiger partial charge is 0.399 e. The van der Waals surface area contributed by atoms with Crippen LogP contribution in [0.4, 0.5) is 11.4 Å². The van der Waals surface area contributed by atoms with Gasteiger partial charge in [0.15, 0.2) is 0 Å². The molecule has 0 aromatic heterocycles. The lowest BCUT2D eigenvalue weighted by Crippen LogP contribution is -2.03. The van der Waals surface area contributed by atoms with E-state index in [1.54, 1.807) is 0 Å². The Kier molecular flexibility index (Phi) is 2.16. The molecule has 0 aliphatic carbocycles. The minimum absolute atomic E-state index is 0.120. The fourth-order valence-electron chi connectivity index (χ4n) is 0.847. The van der Waals surface area contributed by atoms with Gasteiger partial charge in [-0.05, 0) is 18.2 Å². The van der Waals surface area contributed by atoms with Gasteiger partial charge in [-0.1, -0.05) is 0 Å². The van der Waals surface area contributed by atoms with Crippen molar-refractivity contribution in [2.45, 2.75) is 0 Å². The first-order chi connectivity index (χ1) is 5.63. The fraction of sp³-hybridized carbons (Fsp3) is 0. The molecule has 0 atom stereocenters. The maximum absolute atomic E-state index is 10.7. The molecular formula is C7H8N2O3. The van der Waals surface area contributed by atoms with E-state index >= 15 is 0 Å². The quantitative estimate of drug-likeness (QED) is 0.322. The zero-order valence-electron chi connectivity index (χ0n) is 6.15. The van der Waals surface area contributed by atoms with Crippen molar-refractivity contribution < 1.29 is 14.9 Å². The fourth-order valence-corrected chi connectivity index (χ4v) is 0.847. The van der Waals surface area contributed by atoms with Crippen molar-refractivity contribution in [2.24, 2.45) is 0 Å². The Bertz CT molecular complexity index is 291. The first-order valence-electron chi connectivity index (χ1n) is 3.15. The van der Waals surface area contributed by atoms with E-state index in [0.29, 0.717) is 11.4 Å². The SMILES string of the molecule is Nc1cc(N)cc(C(=O)OO)c1. The van der Waals surface area contributed by atoms with Gasteiger partial charge in [0.25, 0.3) is 0 Å². The molecule has 0 heterocycles. The minimum Gasteiger partial charge on any atom is -0.399 e. The highest BCUT2D eigenvalue weighted by molar-refractivity contribution is 5.91. The van der Waals surface area contributed by atoms with Crippen molar-refractivity contribution in [3.8, 4) is 0 Å². The van der Waals surface area contributed by atoms with Gasteiger partial charge < -0.3 is 11.5 Å². The van der Waals surface area contributed by atoms with Gasteiger partial charge in [0.05, 0.1) is 5.56 Å². The third-order valence-electron chi connectivity index (χ3n) is 1.30. The van der Waals surface area contributed by atoms with Crippen molar-refractivity contribution in [3.05, 3.63) is 23.8 Å². The number of nitrogen functional groups attached to an aromatic ring is 2. The monoisotopic (exact) mass is 168 g/mol. The molecule has 0 saturated heterocycles. The van der Waals surface area contributed by atoms with E-state index in [9.17, 15) is 4.79 Å². The van der Waals surface area contributed by atoms with Gasteiger partial charge >= 0.3 is 5.97 Å². The third-order valence-corrected chi connectivity index (χ3v) is 1.30. The van der Waals surface area contributed by atoms with Gasteiger partial charge in [0.2, 0.25) is 0 Å². The van der Waals surface area contributed by atoms with Crippen LogP contribution in [0.1, 0.15) is 10.4 Å². The molecule has 64 valence electrons. The molecule has 5 heteroatoms. The molecule has 0 radical (unpaired) electrons. The predicted octanol–water partition coefficient (Wildman–Crippen LogP) is 0.481. The van der Waals surface area contributed by atoms with Crippen LogP contribution in [-0.4, -0.2) is 11.2 Å². The molecule has 0 spiro atoms. The summed E-state index contributed by atoms with van der Waals surface area (Å²) in [6.45, 7) is 0. The summed E-state index contributed by atoms with van der Waals surface area (Å²) >= 11 is 0. The second-order valence-corrected chi connectivity index (χ2v) is 2.27. The van der Waals surface area contributed by atoms with Crippen molar-refractivity contribution in [1.82, 2.24) is 0 Å². The summed E-state index contributed by atoms with van der Waals surface area (Å²) in [4.78, 5) is 14.2. The highest BCUT2D eigenvalue weighted by Gasteiger charge is 2.07. The highest BCUT2D eigenvalue weighted by Crippen LogP contribution is 2.13. The molecule has 5 nitrogen and oxygen atoms in total. The molecule has 0 amide bonds. The van der Waals surface area contributed by atoms with E-state index in [-0.39, 0.29) is 5.56 Å². The Balaban J connectivity index is 3.08. The lowest BCUT2D eigenvalue weighted by Gasteiger charge is -2.00. The summed E-state index contributed by atoms with van der Waals surface area (Å²) in [6, 6.07) is 4.21. The second kappa shape index (κ2) is 3.10. The summed E-state index contributed by atoms with van der Waals surface area (Å²) in [5.74, 6) is -0.881. The average molecular weight is 168 g/mol. The Labute approximate surface area is 68.5 Å². The highest BCUT2D eigenvalue weighted by atomic mass is 17.1.